The third-order valence-corrected chi connectivity index (χ3v) is 4.82. The number of ether oxygens (including phenoxy) is 2. The summed E-state index contributed by atoms with van der Waals surface area (Å²) in [4.78, 5) is 11.0. The molecule has 0 unspecified atom stereocenters. The van der Waals surface area contributed by atoms with Gasteiger partial charge < -0.3 is 19.6 Å². The van der Waals surface area contributed by atoms with Gasteiger partial charge in [0.05, 0.1) is 53.1 Å². The van der Waals surface area contributed by atoms with E-state index in [2.05, 4.69) is 15.0 Å². The van der Waals surface area contributed by atoms with Gasteiger partial charge >= 0.3 is 6.11 Å². The van der Waals surface area contributed by atoms with Gasteiger partial charge in [0.2, 0.25) is 0 Å². The molecule has 10 heteroatoms. The van der Waals surface area contributed by atoms with E-state index in [0.29, 0.717) is 22.7 Å². The summed E-state index contributed by atoms with van der Waals surface area (Å²) in [5.74, 6) is 0.805. The lowest BCUT2D eigenvalue weighted by molar-refractivity contribution is -0.208. The first-order valence-corrected chi connectivity index (χ1v) is 8.70. The predicted molar refractivity (Wildman–Crippen MR) is 89.7 cm³/mol. The molecule has 3 rings (SSSR count). The third-order valence-electron chi connectivity index (χ3n) is 3.66. The highest BCUT2D eigenvalue weighted by Gasteiger charge is 2.28. The van der Waals surface area contributed by atoms with Crippen molar-refractivity contribution >= 4 is 21.8 Å². The van der Waals surface area contributed by atoms with E-state index in [1.54, 1.807) is 6.07 Å². The van der Waals surface area contributed by atoms with Crippen LogP contribution in [0.5, 0.6) is 11.5 Å². The Hall–Kier alpha value is -2.59. The van der Waals surface area contributed by atoms with E-state index in [4.69, 9.17) is 14.6 Å². The topological polar surface area (TPSA) is 97.3 Å². The zero-order valence-electron chi connectivity index (χ0n) is 13.8. The number of fused-ring (bicyclic) bond motifs is 1. The van der Waals surface area contributed by atoms with Crippen LogP contribution in [0.2, 0.25) is 0 Å². The lowest BCUT2D eigenvalue weighted by Gasteiger charge is -2.10. The van der Waals surface area contributed by atoms with E-state index in [-0.39, 0.29) is 16.4 Å². The number of imidazole rings is 1. The van der Waals surface area contributed by atoms with Gasteiger partial charge in [-0.05, 0) is 18.2 Å². The zero-order valence-corrected chi connectivity index (χ0v) is 14.6. The number of benzene rings is 1. The molecule has 3 aromatic rings. The lowest BCUT2D eigenvalue weighted by atomic mass is 10.2. The van der Waals surface area contributed by atoms with Gasteiger partial charge in [0.15, 0.2) is 16.7 Å². The minimum Gasteiger partial charge on any atom is -0.493 e. The maximum absolute atomic E-state index is 13.0. The van der Waals surface area contributed by atoms with Gasteiger partial charge in [-0.2, -0.15) is 8.78 Å². The normalized spacial score (nSPS) is 13.0. The van der Waals surface area contributed by atoms with Crippen molar-refractivity contribution in [2.45, 2.75) is 17.0 Å². The summed E-state index contributed by atoms with van der Waals surface area (Å²) in [6.07, 6.45) is -2.46. The molecule has 2 N–H and O–H groups in total. The first-order valence-electron chi connectivity index (χ1n) is 7.38. The number of aromatic nitrogens is 3. The number of hydrogen-bond acceptors (Lipinski definition) is 6. The second-order valence-electron chi connectivity index (χ2n) is 5.30. The molecule has 0 fully saturated rings. The van der Waals surface area contributed by atoms with Crippen LogP contribution in [0, 0.1) is 0 Å². The van der Waals surface area contributed by atoms with Crippen LogP contribution >= 0.6 is 0 Å². The lowest BCUT2D eigenvalue weighted by Crippen LogP contribution is -2.10. The average molecular weight is 383 g/mol. The number of aromatic amines is 1. The monoisotopic (exact) mass is 383 g/mol. The Morgan fingerprint density at radius 2 is 2.04 bits per heavy atom. The number of aliphatic hydroxyl groups is 1. The van der Waals surface area contributed by atoms with Crippen molar-refractivity contribution in [3.8, 4) is 11.5 Å². The molecule has 7 nitrogen and oxygen atoms in total. The Morgan fingerprint density at radius 1 is 1.27 bits per heavy atom. The molecule has 0 spiro atoms. The molecule has 0 aliphatic heterocycles. The van der Waals surface area contributed by atoms with Crippen LogP contribution in [-0.2, 0) is 22.7 Å². The summed E-state index contributed by atoms with van der Waals surface area (Å²) in [5, 5.41) is 8.91. The van der Waals surface area contributed by atoms with Crippen LogP contribution in [0.25, 0.3) is 11.0 Å². The van der Waals surface area contributed by atoms with Crippen LogP contribution in [0.1, 0.15) is 11.3 Å². The Bertz CT molecular complexity index is 972. The SMILES string of the molecule is COc1ccnc(C[S@@](=O)c2nc3ccc(C(O)(F)F)cc3[nH]2)c1OC. The molecule has 26 heavy (non-hydrogen) atoms. The largest absolute Gasteiger partial charge is 0.493 e. The average Bonchev–Trinajstić information content (AvgIpc) is 3.04. The number of rotatable bonds is 6. The number of methoxy groups -OCH3 is 2. The molecule has 1 atom stereocenters. The fourth-order valence-corrected chi connectivity index (χ4v) is 3.44. The smallest absolute Gasteiger partial charge is 0.380 e. The van der Waals surface area contributed by atoms with Crippen LogP contribution < -0.4 is 9.47 Å². The van der Waals surface area contributed by atoms with Gasteiger partial charge in [-0.25, -0.2) is 4.98 Å². The van der Waals surface area contributed by atoms with Crippen molar-refractivity contribution in [1.82, 2.24) is 15.0 Å². The van der Waals surface area contributed by atoms with Gasteiger partial charge in [0, 0.05) is 12.3 Å². The maximum Gasteiger partial charge on any atom is 0.380 e. The molecule has 2 heterocycles. The van der Waals surface area contributed by atoms with Crippen molar-refractivity contribution in [3.63, 3.8) is 0 Å². The number of nitrogens with zero attached hydrogens (tertiary/aromatic N) is 2. The first kappa shape index (κ1) is 18.2. The Labute approximate surface area is 149 Å². The molecule has 0 radical (unpaired) electrons. The summed E-state index contributed by atoms with van der Waals surface area (Å²) in [7, 11) is 1.30. The highest BCUT2D eigenvalue weighted by atomic mass is 32.2. The number of halogens is 2. The Balaban J connectivity index is 1.91. The molecule has 0 aliphatic carbocycles. The first-order chi connectivity index (χ1) is 12.3. The van der Waals surface area contributed by atoms with Gasteiger partial charge in [-0.3, -0.25) is 9.19 Å². The van der Waals surface area contributed by atoms with Crippen LogP contribution in [0.4, 0.5) is 8.78 Å². The summed E-state index contributed by atoms with van der Waals surface area (Å²) < 4.78 is 49.1. The van der Waals surface area contributed by atoms with E-state index < -0.39 is 22.5 Å². The molecule has 1 aromatic carbocycles. The summed E-state index contributed by atoms with van der Waals surface area (Å²) in [6, 6.07) is 5.05. The van der Waals surface area contributed by atoms with Gasteiger partial charge in [0.1, 0.15) is 0 Å². The minimum absolute atomic E-state index is 0.0107. The molecule has 0 bridgehead atoms. The second-order valence-corrected chi connectivity index (χ2v) is 6.66. The molecule has 138 valence electrons. The highest BCUT2D eigenvalue weighted by Crippen LogP contribution is 2.31. The van der Waals surface area contributed by atoms with Crippen LogP contribution in [0.15, 0.2) is 35.6 Å². The van der Waals surface area contributed by atoms with Crippen molar-refractivity contribution in [2.75, 3.05) is 14.2 Å². The predicted octanol–water partition coefficient (Wildman–Crippen LogP) is 2.32. The molecule has 0 saturated heterocycles. The number of H-pyrrole nitrogens is 1. The summed E-state index contributed by atoms with van der Waals surface area (Å²) in [6.45, 7) is 0. The van der Waals surface area contributed by atoms with E-state index in [0.717, 1.165) is 12.1 Å². The standard InChI is InChI=1S/C16H15F2N3O4S/c1-24-13-5-6-19-12(14(13)25-2)8-26(23)15-20-10-4-3-9(16(17,18)22)7-11(10)21-15/h3-7,22H,8H2,1-2H3,(H,20,21)/t26-/m1/s1. The van der Waals surface area contributed by atoms with Gasteiger partial charge in [-0.1, -0.05) is 0 Å². The molecule has 0 amide bonds. The minimum atomic E-state index is -3.96. The number of pyridine rings is 1. The van der Waals surface area contributed by atoms with Crippen molar-refractivity contribution in [2.24, 2.45) is 0 Å². The number of hydrogen-bond donors (Lipinski definition) is 2. The number of alkyl halides is 2. The summed E-state index contributed by atoms with van der Waals surface area (Å²) in [5.41, 5.74) is 0.424. The van der Waals surface area contributed by atoms with Crippen molar-refractivity contribution in [3.05, 3.63) is 41.7 Å². The van der Waals surface area contributed by atoms with Gasteiger partial charge in [0.25, 0.3) is 0 Å². The Kier molecular flexibility index (Phi) is 4.88. The van der Waals surface area contributed by atoms with Crippen molar-refractivity contribution in [1.29, 1.82) is 0 Å². The second kappa shape index (κ2) is 6.96. The van der Waals surface area contributed by atoms with E-state index in [1.165, 1.54) is 26.5 Å². The molecule has 2 aromatic heterocycles. The molecular weight excluding hydrogens is 368 g/mol. The zero-order chi connectivity index (χ0) is 18.9. The molecule has 0 aliphatic rings. The third kappa shape index (κ3) is 3.51. The summed E-state index contributed by atoms with van der Waals surface area (Å²) >= 11 is 0. The van der Waals surface area contributed by atoms with Crippen LogP contribution in [0.3, 0.4) is 0 Å². The van der Waals surface area contributed by atoms with E-state index in [9.17, 15) is 13.0 Å². The van der Waals surface area contributed by atoms with E-state index in [1.807, 2.05) is 0 Å². The van der Waals surface area contributed by atoms with Crippen LogP contribution in [-0.4, -0.2) is 38.5 Å². The quantitative estimate of drug-likeness (QED) is 0.678. The highest BCUT2D eigenvalue weighted by molar-refractivity contribution is 7.84. The molecule has 0 saturated carbocycles. The Morgan fingerprint density at radius 3 is 2.69 bits per heavy atom. The maximum atomic E-state index is 13.0. The fraction of sp³-hybridized carbons (Fsp3) is 0.250. The van der Waals surface area contributed by atoms with Crippen molar-refractivity contribution < 1.29 is 27.6 Å². The number of nitrogens with one attached hydrogen (secondary N) is 1. The fourth-order valence-electron chi connectivity index (χ4n) is 2.43. The molecular formula is C16H15F2N3O4S. The van der Waals surface area contributed by atoms with Gasteiger partial charge in [-0.15, -0.1) is 0 Å². The van der Waals surface area contributed by atoms with E-state index >= 15 is 0 Å².